The highest BCUT2D eigenvalue weighted by Crippen LogP contribution is 2.17. The van der Waals surface area contributed by atoms with Crippen LogP contribution in [0, 0.1) is 5.92 Å². The van der Waals surface area contributed by atoms with E-state index in [4.69, 9.17) is 5.11 Å². The lowest BCUT2D eigenvalue weighted by molar-refractivity contribution is 0.282. The molecule has 0 saturated carbocycles. The van der Waals surface area contributed by atoms with Crippen molar-refractivity contribution in [2.45, 2.75) is 90.9 Å². The van der Waals surface area contributed by atoms with Gasteiger partial charge in [0, 0.05) is 6.61 Å². The molecule has 0 aromatic carbocycles. The lowest BCUT2D eigenvalue weighted by atomic mass is 9.97. The Morgan fingerprint density at radius 2 is 1.18 bits per heavy atom. The van der Waals surface area contributed by atoms with E-state index in [0.717, 1.165) is 12.3 Å². The fourth-order valence-electron chi connectivity index (χ4n) is 2.36. The first kappa shape index (κ1) is 17.0. The van der Waals surface area contributed by atoms with Crippen molar-refractivity contribution in [1.82, 2.24) is 0 Å². The number of hydrogen-bond acceptors (Lipinski definition) is 1. The van der Waals surface area contributed by atoms with Crippen LogP contribution in [0.2, 0.25) is 0 Å². The smallest absolute Gasteiger partial charge is 0.0431 e. The van der Waals surface area contributed by atoms with Crippen molar-refractivity contribution in [1.29, 1.82) is 0 Å². The highest BCUT2D eigenvalue weighted by molar-refractivity contribution is 4.54. The van der Waals surface area contributed by atoms with Gasteiger partial charge in [0.2, 0.25) is 0 Å². The normalized spacial score (nSPS) is 12.9. The number of unbranched alkanes of at least 4 members (excludes halogenated alkanes) is 8. The van der Waals surface area contributed by atoms with Crippen LogP contribution in [0.15, 0.2) is 0 Å². The fourth-order valence-corrected chi connectivity index (χ4v) is 2.36. The average Bonchev–Trinajstić information content (AvgIpc) is 2.34. The monoisotopic (exact) mass is 242 g/mol. The summed E-state index contributed by atoms with van der Waals surface area (Å²) in [5.74, 6) is 0.944. The molecule has 0 rings (SSSR count). The zero-order valence-corrected chi connectivity index (χ0v) is 12.2. The standard InChI is InChI=1S/C16H34O/c1-3-4-13-16(2)14-11-9-7-5-6-8-10-12-15-17/h16-17H,3-15H2,1-2H3. The lowest BCUT2D eigenvalue weighted by Gasteiger charge is -2.10. The highest BCUT2D eigenvalue weighted by Gasteiger charge is 2.00. The van der Waals surface area contributed by atoms with E-state index in [2.05, 4.69) is 13.8 Å². The second-order valence-corrected chi connectivity index (χ2v) is 5.59. The minimum atomic E-state index is 0.371. The maximum atomic E-state index is 8.65. The van der Waals surface area contributed by atoms with Gasteiger partial charge in [-0.25, -0.2) is 0 Å². The predicted molar refractivity (Wildman–Crippen MR) is 77.3 cm³/mol. The number of rotatable bonds is 13. The first-order valence-corrected chi connectivity index (χ1v) is 7.92. The summed E-state index contributed by atoms with van der Waals surface area (Å²) in [6.07, 6.45) is 16.2. The highest BCUT2D eigenvalue weighted by atomic mass is 16.2. The SMILES string of the molecule is CCCCC(C)CCCCCCCCCCO. The molecule has 0 amide bonds. The van der Waals surface area contributed by atoms with Gasteiger partial charge in [-0.3, -0.25) is 0 Å². The van der Waals surface area contributed by atoms with Crippen LogP contribution < -0.4 is 0 Å². The summed E-state index contributed by atoms with van der Waals surface area (Å²) in [4.78, 5) is 0. The maximum Gasteiger partial charge on any atom is 0.0431 e. The maximum absolute atomic E-state index is 8.65. The summed E-state index contributed by atoms with van der Waals surface area (Å²) in [5, 5.41) is 8.65. The van der Waals surface area contributed by atoms with Gasteiger partial charge < -0.3 is 5.11 Å². The van der Waals surface area contributed by atoms with Crippen LogP contribution in [-0.4, -0.2) is 11.7 Å². The molecule has 0 aliphatic heterocycles. The Balaban J connectivity index is 3.02. The van der Waals surface area contributed by atoms with E-state index in [0.29, 0.717) is 6.61 Å². The van der Waals surface area contributed by atoms with Gasteiger partial charge in [-0.1, -0.05) is 84.5 Å². The molecule has 0 radical (unpaired) electrons. The van der Waals surface area contributed by atoms with Crippen molar-refractivity contribution in [3.05, 3.63) is 0 Å². The summed E-state index contributed by atoms with van der Waals surface area (Å²) in [5.41, 5.74) is 0. The zero-order valence-electron chi connectivity index (χ0n) is 12.2. The Bertz CT molecular complexity index is 133. The zero-order chi connectivity index (χ0) is 12.8. The quantitative estimate of drug-likeness (QED) is 0.434. The number of aliphatic hydroxyl groups is 1. The van der Waals surface area contributed by atoms with Crippen LogP contribution in [0.5, 0.6) is 0 Å². The van der Waals surface area contributed by atoms with Crippen LogP contribution in [0.1, 0.15) is 90.9 Å². The van der Waals surface area contributed by atoms with Crippen LogP contribution in [0.25, 0.3) is 0 Å². The van der Waals surface area contributed by atoms with E-state index in [1.54, 1.807) is 0 Å². The second-order valence-electron chi connectivity index (χ2n) is 5.59. The molecule has 0 spiro atoms. The molecule has 0 fully saturated rings. The topological polar surface area (TPSA) is 20.2 Å². The van der Waals surface area contributed by atoms with Crippen LogP contribution in [0.3, 0.4) is 0 Å². The molecule has 1 unspecified atom stereocenters. The second kappa shape index (κ2) is 14.0. The molecule has 0 heterocycles. The summed E-state index contributed by atoms with van der Waals surface area (Å²) in [6.45, 7) is 5.06. The van der Waals surface area contributed by atoms with E-state index in [9.17, 15) is 0 Å². The van der Waals surface area contributed by atoms with Gasteiger partial charge in [-0.05, 0) is 12.3 Å². The molecule has 0 bridgehead atoms. The minimum absolute atomic E-state index is 0.371. The molecule has 0 aliphatic carbocycles. The molecule has 1 nitrogen and oxygen atoms in total. The van der Waals surface area contributed by atoms with Crippen molar-refractivity contribution >= 4 is 0 Å². The third-order valence-electron chi connectivity index (χ3n) is 3.66. The van der Waals surface area contributed by atoms with Crippen LogP contribution in [0.4, 0.5) is 0 Å². The fraction of sp³-hybridized carbons (Fsp3) is 1.00. The van der Waals surface area contributed by atoms with E-state index < -0.39 is 0 Å². The molecular formula is C16H34O. The summed E-state index contributed by atoms with van der Waals surface area (Å²) < 4.78 is 0. The number of hydrogen-bond donors (Lipinski definition) is 1. The predicted octanol–water partition coefficient (Wildman–Crippen LogP) is 5.32. The molecule has 104 valence electrons. The van der Waals surface area contributed by atoms with Crippen molar-refractivity contribution in [2.24, 2.45) is 5.92 Å². The third-order valence-corrected chi connectivity index (χ3v) is 3.66. The molecule has 0 aromatic heterocycles. The lowest BCUT2D eigenvalue weighted by Crippen LogP contribution is -1.94. The molecule has 17 heavy (non-hydrogen) atoms. The van der Waals surface area contributed by atoms with Crippen LogP contribution in [-0.2, 0) is 0 Å². The van der Waals surface area contributed by atoms with Crippen molar-refractivity contribution in [2.75, 3.05) is 6.61 Å². The summed E-state index contributed by atoms with van der Waals surface area (Å²) in [7, 11) is 0. The van der Waals surface area contributed by atoms with E-state index in [-0.39, 0.29) is 0 Å². The molecule has 1 N–H and O–H groups in total. The van der Waals surface area contributed by atoms with Crippen molar-refractivity contribution < 1.29 is 5.11 Å². The summed E-state index contributed by atoms with van der Waals surface area (Å²) >= 11 is 0. The van der Waals surface area contributed by atoms with Crippen LogP contribution >= 0.6 is 0 Å². The Hall–Kier alpha value is -0.0400. The summed E-state index contributed by atoms with van der Waals surface area (Å²) in [6, 6.07) is 0. The average molecular weight is 242 g/mol. The largest absolute Gasteiger partial charge is 0.396 e. The molecule has 0 saturated heterocycles. The molecule has 1 heteroatoms. The first-order chi connectivity index (χ1) is 8.31. The van der Waals surface area contributed by atoms with Gasteiger partial charge >= 0.3 is 0 Å². The molecule has 0 aliphatic rings. The Morgan fingerprint density at radius 3 is 1.71 bits per heavy atom. The molecule has 1 atom stereocenters. The van der Waals surface area contributed by atoms with Crippen molar-refractivity contribution in [3.8, 4) is 0 Å². The Labute approximate surface area is 109 Å². The molecular weight excluding hydrogens is 208 g/mol. The van der Waals surface area contributed by atoms with E-state index in [1.807, 2.05) is 0 Å². The molecule has 0 aromatic rings. The Morgan fingerprint density at radius 1 is 0.706 bits per heavy atom. The number of aliphatic hydroxyl groups excluding tert-OH is 1. The van der Waals surface area contributed by atoms with Gasteiger partial charge in [0.15, 0.2) is 0 Å². The first-order valence-electron chi connectivity index (χ1n) is 7.92. The van der Waals surface area contributed by atoms with E-state index in [1.165, 1.54) is 70.6 Å². The van der Waals surface area contributed by atoms with Gasteiger partial charge in [-0.2, -0.15) is 0 Å². The van der Waals surface area contributed by atoms with Gasteiger partial charge in [0.25, 0.3) is 0 Å². The minimum Gasteiger partial charge on any atom is -0.396 e. The Kier molecular flexibility index (Phi) is 14.0. The van der Waals surface area contributed by atoms with Gasteiger partial charge in [-0.15, -0.1) is 0 Å². The van der Waals surface area contributed by atoms with Gasteiger partial charge in [0.05, 0.1) is 0 Å². The van der Waals surface area contributed by atoms with Crippen molar-refractivity contribution in [3.63, 3.8) is 0 Å². The van der Waals surface area contributed by atoms with Gasteiger partial charge in [0.1, 0.15) is 0 Å². The van der Waals surface area contributed by atoms with E-state index >= 15 is 0 Å². The third kappa shape index (κ3) is 13.9.